The number of nitrogens with one attached hydrogen (secondary N) is 1. The second kappa shape index (κ2) is 6.21. The highest BCUT2D eigenvalue weighted by atomic mass is 79.9. The van der Waals surface area contributed by atoms with Gasteiger partial charge in [-0.2, -0.15) is 0 Å². The number of hydrogen-bond acceptors (Lipinski definition) is 2. The molecule has 0 saturated carbocycles. The third-order valence-electron chi connectivity index (χ3n) is 2.21. The van der Waals surface area contributed by atoms with Crippen molar-refractivity contribution in [3.8, 4) is 0 Å². The van der Waals surface area contributed by atoms with E-state index in [4.69, 9.17) is 4.74 Å². The topological polar surface area (TPSA) is 21.3 Å². The largest absolute Gasteiger partial charge is 0.378 e. The predicted molar refractivity (Wildman–Crippen MR) is 70.7 cm³/mol. The van der Waals surface area contributed by atoms with Gasteiger partial charge in [0.25, 0.3) is 0 Å². The van der Waals surface area contributed by atoms with Crippen LogP contribution in [-0.2, 0) is 4.74 Å². The number of ether oxygens (including phenoxy) is 1. The highest BCUT2D eigenvalue weighted by Gasteiger charge is 2.15. The van der Waals surface area contributed by atoms with Crippen LogP contribution in [0.3, 0.4) is 0 Å². The molecule has 1 aliphatic rings. The second-order valence-corrected chi connectivity index (χ2v) is 5.12. The summed E-state index contributed by atoms with van der Waals surface area (Å²) in [5, 5.41) is 3.42. The lowest BCUT2D eigenvalue weighted by Gasteiger charge is -2.24. The Labute approximate surface area is 112 Å². The van der Waals surface area contributed by atoms with Crippen molar-refractivity contribution in [1.29, 1.82) is 0 Å². The fraction of sp³-hybridized carbons (Fsp3) is 0.400. The molecular weight excluding hydrogens is 345 g/mol. The number of hydrogen-bond donors (Lipinski definition) is 1. The summed E-state index contributed by atoms with van der Waals surface area (Å²) in [7, 11) is 0. The van der Waals surface area contributed by atoms with Gasteiger partial charge in [-0.15, -0.1) is 12.4 Å². The Bertz CT molecular complexity index is 309. The van der Waals surface area contributed by atoms with Gasteiger partial charge in [0.1, 0.15) is 0 Å². The van der Waals surface area contributed by atoms with Crippen molar-refractivity contribution in [3.05, 3.63) is 32.7 Å². The third-order valence-corrected chi connectivity index (χ3v) is 3.12. The molecule has 0 bridgehead atoms. The summed E-state index contributed by atoms with van der Waals surface area (Å²) in [5.74, 6) is 0. The van der Waals surface area contributed by atoms with E-state index in [1.54, 1.807) is 0 Å². The van der Waals surface area contributed by atoms with Crippen molar-refractivity contribution < 1.29 is 4.74 Å². The minimum atomic E-state index is 0. The first-order valence-corrected chi connectivity index (χ1v) is 6.11. The van der Waals surface area contributed by atoms with E-state index in [1.165, 1.54) is 5.56 Å². The smallest absolute Gasteiger partial charge is 0.0662 e. The Kier molecular flexibility index (Phi) is 5.57. The summed E-state index contributed by atoms with van der Waals surface area (Å²) in [6.45, 7) is 2.49. The van der Waals surface area contributed by atoms with Crippen LogP contribution in [0.4, 0.5) is 0 Å². The molecule has 84 valence electrons. The van der Waals surface area contributed by atoms with Crippen LogP contribution in [-0.4, -0.2) is 19.8 Å². The summed E-state index contributed by atoms with van der Waals surface area (Å²) < 4.78 is 7.61. The van der Waals surface area contributed by atoms with Gasteiger partial charge in [-0.05, 0) is 23.8 Å². The Morgan fingerprint density at radius 2 is 1.87 bits per heavy atom. The fourth-order valence-corrected chi connectivity index (χ4v) is 2.88. The van der Waals surface area contributed by atoms with Crippen LogP contribution in [0.25, 0.3) is 0 Å². The first kappa shape index (κ1) is 13.5. The van der Waals surface area contributed by atoms with Gasteiger partial charge in [-0.1, -0.05) is 31.9 Å². The molecule has 1 N–H and O–H groups in total. The van der Waals surface area contributed by atoms with E-state index in [0.717, 1.165) is 28.7 Å². The summed E-state index contributed by atoms with van der Waals surface area (Å²) >= 11 is 6.96. The van der Waals surface area contributed by atoms with Crippen molar-refractivity contribution >= 4 is 44.3 Å². The first-order chi connectivity index (χ1) is 6.75. The Hall–Kier alpha value is 0.390. The van der Waals surface area contributed by atoms with Gasteiger partial charge in [-0.25, -0.2) is 0 Å². The molecule has 0 aliphatic carbocycles. The zero-order valence-electron chi connectivity index (χ0n) is 8.00. The molecule has 1 saturated heterocycles. The van der Waals surface area contributed by atoms with Crippen LogP contribution in [0.15, 0.2) is 27.1 Å². The molecule has 5 heteroatoms. The molecule has 0 radical (unpaired) electrons. The minimum absolute atomic E-state index is 0. The molecule has 15 heavy (non-hydrogen) atoms. The third kappa shape index (κ3) is 3.71. The molecule has 0 spiro atoms. The molecule has 1 aliphatic heterocycles. The van der Waals surface area contributed by atoms with Crippen LogP contribution in [0.1, 0.15) is 11.6 Å². The molecule has 1 aromatic carbocycles. The molecule has 1 heterocycles. The van der Waals surface area contributed by atoms with Crippen LogP contribution in [0.2, 0.25) is 0 Å². The van der Waals surface area contributed by atoms with Crippen molar-refractivity contribution in [3.63, 3.8) is 0 Å². The van der Waals surface area contributed by atoms with Gasteiger partial charge in [0.05, 0.1) is 19.3 Å². The molecular formula is C10H12Br2ClNO. The van der Waals surface area contributed by atoms with E-state index in [1.807, 2.05) is 6.07 Å². The minimum Gasteiger partial charge on any atom is -0.378 e. The molecule has 1 aromatic rings. The van der Waals surface area contributed by atoms with Crippen molar-refractivity contribution in [2.75, 3.05) is 19.8 Å². The second-order valence-electron chi connectivity index (χ2n) is 3.28. The quantitative estimate of drug-likeness (QED) is 0.833. The van der Waals surface area contributed by atoms with E-state index < -0.39 is 0 Å². The SMILES string of the molecule is Brc1cc(Br)cc([C@H]2COCCN2)c1.Cl. The van der Waals surface area contributed by atoms with Crippen LogP contribution in [0.5, 0.6) is 0 Å². The predicted octanol–water partition coefficient (Wildman–Crippen LogP) is 3.29. The van der Waals surface area contributed by atoms with Gasteiger partial charge >= 0.3 is 0 Å². The van der Waals surface area contributed by atoms with Crippen molar-refractivity contribution in [2.24, 2.45) is 0 Å². The van der Waals surface area contributed by atoms with E-state index in [-0.39, 0.29) is 12.4 Å². The van der Waals surface area contributed by atoms with Gasteiger partial charge < -0.3 is 10.1 Å². The number of halogens is 3. The van der Waals surface area contributed by atoms with E-state index in [0.29, 0.717) is 6.04 Å². The Balaban J connectivity index is 0.00000112. The lowest BCUT2D eigenvalue weighted by atomic mass is 10.1. The zero-order valence-corrected chi connectivity index (χ0v) is 12.0. The summed E-state index contributed by atoms with van der Waals surface area (Å²) in [4.78, 5) is 0. The van der Waals surface area contributed by atoms with E-state index in [2.05, 4.69) is 49.3 Å². The van der Waals surface area contributed by atoms with Crippen molar-refractivity contribution in [2.45, 2.75) is 6.04 Å². The van der Waals surface area contributed by atoms with Crippen molar-refractivity contribution in [1.82, 2.24) is 5.32 Å². The maximum atomic E-state index is 5.42. The molecule has 0 amide bonds. The fourth-order valence-electron chi connectivity index (χ4n) is 1.56. The number of morpholine rings is 1. The lowest BCUT2D eigenvalue weighted by molar-refractivity contribution is 0.0768. The van der Waals surface area contributed by atoms with Crippen LogP contribution >= 0.6 is 44.3 Å². The highest BCUT2D eigenvalue weighted by molar-refractivity contribution is 9.11. The van der Waals surface area contributed by atoms with Gasteiger partial charge in [0.2, 0.25) is 0 Å². The zero-order chi connectivity index (χ0) is 9.97. The van der Waals surface area contributed by atoms with Crippen LogP contribution in [0, 0.1) is 0 Å². The van der Waals surface area contributed by atoms with Gasteiger partial charge in [-0.3, -0.25) is 0 Å². The van der Waals surface area contributed by atoms with Crippen LogP contribution < -0.4 is 5.32 Å². The molecule has 0 unspecified atom stereocenters. The average molecular weight is 357 g/mol. The van der Waals surface area contributed by atoms with E-state index >= 15 is 0 Å². The Morgan fingerprint density at radius 3 is 2.40 bits per heavy atom. The Morgan fingerprint density at radius 1 is 1.20 bits per heavy atom. The van der Waals surface area contributed by atoms with Gasteiger partial charge in [0, 0.05) is 15.5 Å². The normalized spacial score (nSPS) is 20.8. The maximum absolute atomic E-state index is 5.42. The van der Waals surface area contributed by atoms with Gasteiger partial charge in [0.15, 0.2) is 0 Å². The highest BCUT2D eigenvalue weighted by Crippen LogP contribution is 2.25. The maximum Gasteiger partial charge on any atom is 0.0662 e. The lowest BCUT2D eigenvalue weighted by Crippen LogP contribution is -2.34. The van der Waals surface area contributed by atoms with E-state index in [9.17, 15) is 0 Å². The summed E-state index contributed by atoms with van der Waals surface area (Å²) in [5.41, 5.74) is 1.26. The average Bonchev–Trinajstić information content (AvgIpc) is 2.18. The molecule has 1 fully saturated rings. The summed E-state index contributed by atoms with van der Waals surface area (Å²) in [6, 6.07) is 6.60. The molecule has 2 nitrogen and oxygen atoms in total. The standard InChI is InChI=1S/C10H11Br2NO.ClH/c11-8-3-7(4-9(12)5-8)10-6-14-2-1-13-10;/h3-5,10,13H,1-2,6H2;1H/t10-;/m1./s1. The molecule has 0 aromatic heterocycles. The molecule has 2 rings (SSSR count). The monoisotopic (exact) mass is 355 g/mol. The summed E-state index contributed by atoms with van der Waals surface area (Å²) in [6.07, 6.45) is 0. The first-order valence-electron chi connectivity index (χ1n) is 4.53. The number of benzene rings is 1. The number of rotatable bonds is 1. The molecule has 1 atom stereocenters.